The molecule has 0 amide bonds. The molecule has 9 nitrogen and oxygen atoms in total. The van der Waals surface area contributed by atoms with Crippen LogP contribution in [0.3, 0.4) is 0 Å². The summed E-state index contributed by atoms with van der Waals surface area (Å²) in [6, 6.07) is 0. The summed E-state index contributed by atoms with van der Waals surface area (Å²) >= 11 is 12.6. The van der Waals surface area contributed by atoms with Crippen LogP contribution in [0.25, 0.3) is 0 Å². The maximum atomic E-state index is 12.4. The molecular weight excluding hydrogens is 745 g/mol. The largest absolute Gasteiger partial charge is 0.460 e. The third-order valence-electron chi connectivity index (χ3n) is 10.5. The Labute approximate surface area is 346 Å². The number of ether oxygens (including phenoxy) is 6. The lowest BCUT2D eigenvalue weighted by Gasteiger charge is -2.53. The number of thiol groups is 3. The predicted molar refractivity (Wildman–Crippen MR) is 230 cm³/mol. The Morgan fingerprint density at radius 1 is 0.463 bits per heavy atom. The Hall–Kier alpha value is -0.660. The summed E-state index contributed by atoms with van der Waals surface area (Å²) in [6.45, 7) is 27.8. The molecular formula is C42H80O9S3. The fourth-order valence-corrected chi connectivity index (χ4v) is 7.22. The van der Waals surface area contributed by atoms with E-state index in [9.17, 15) is 14.4 Å². The van der Waals surface area contributed by atoms with E-state index in [1.54, 1.807) is 0 Å². The van der Waals surface area contributed by atoms with Gasteiger partial charge in [0.15, 0.2) is 0 Å². The molecule has 0 aliphatic carbocycles. The number of carbonyl (C=O) groups is 3. The third kappa shape index (κ3) is 21.8. The van der Waals surface area contributed by atoms with Crippen molar-refractivity contribution in [3.63, 3.8) is 0 Å². The van der Waals surface area contributed by atoms with Crippen LogP contribution >= 0.6 is 37.9 Å². The van der Waals surface area contributed by atoms with Gasteiger partial charge in [0.1, 0.15) is 16.8 Å². The van der Waals surface area contributed by atoms with Crippen LogP contribution in [-0.4, -0.2) is 88.6 Å². The zero-order chi connectivity index (χ0) is 41.9. The Morgan fingerprint density at radius 3 is 1.15 bits per heavy atom. The lowest BCUT2D eigenvalue weighted by molar-refractivity contribution is -0.191. The van der Waals surface area contributed by atoms with Crippen molar-refractivity contribution in [3.8, 4) is 0 Å². The van der Waals surface area contributed by atoms with Crippen LogP contribution in [0.4, 0.5) is 0 Å². The Kier molecular flexibility index (Phi) is 24.0. The quantitative estimate of drug-likeness (QED) is 0.0358. The van der Waals surface area contributed by atoms with Crippen LogP contribution in [0.15, 0.2) is 0 Å². The molecule has 0 aliphatic rings. The molecule has 2 unspecified atom stereocenters. The monoisotopic (exact) mass is 824 g/mol. The topological polar surface area (TPSA) is 107 Å². The smallest absolute Gasteiger partial charge is 0.306 e. The van der Waals surface area contributed by atoms with Crippen LogP contribution in [0.5, 0.6) is 0 Å². The van der Waals surface area contributed by atoms with E-state index in [-0.39, 0.29) is 17.9 Å². The number of hydrogen-bond acceptors (Lipinski definition) is 12. The Balaban J connectivity index is 6.24. The van der Waals surface area contributed by atoms with Crippen molar-refractivity contribution < 1.29 is 42.8 Å². The molecule has 320 valence electrons. The molecule has 0 aromatic carbocycles. The maximum Gasteiger partial charge on any atom is 0.306 e. The van der Waals surface area contributed by atoms with E-state index in [1.807, 2.05) is 41.5 Å². The second-order valence-electron chi connectivity index (χ2n) is 18.0. The first-order chi connectivity index (χ1) is 24.8. The molecule has 0 aromatic rings. The van der Waals surface area contributed by atoms with Gasteiger partial charge in [0.05, 0.1) is 36.6 Å². The third-order valence-corrected chi connectivity index (χ3v) is 11.4. The fourth-order valence-electron chi connectivity index (χ4n) is 6.75. The molecule has 0 saturated heterocycles. The van der Waals surface area contributed by atoms with Crippen LogP contribution in [-0.2, 0) is 42.8 Å². The van der Waals surface area contributed by atoms with Crippen molar-refractivity contribution in [2.24, 2.45) is 5.41 Å². The minimum Gasteiger partial charge on any atom is -0.460 e. The number of carbonyl (C=O) groups excluding carboxylic acids is 3. The van der Waals surface area contributed by atoms with E-state index in [1.165, 1.54) is 0 Å². The van der Waals surface area contributed by atoms with E-state index in [2.05, 4.69) is 86.4 Å². The summed E-state index contributed by atoms with van der Waals surface area (Å²) in [6.07, 6.45) is 7.62. The molecule has 2 atom stereocenters. The van der Waals surface area contributed by atoms with Crippen molar-refractivity contribution in [1.82, 2.24) is 0 Å². The first-order valence-electron chi connectivity index (χ1n) is 20.2. The molecule has 0 rings (SSSR count). The molecule has 0 N–H and O–H groups in total. The number of rotatable bonds is 31. The molecule has 12 heteroatoms. The lowest BCUT2D eigenvalue weighted by Crippen LogP contribution is -2.54. The molecule has 0 aromatic heterocycles. The molecule has 54 heavy (non-hydrogen) atoms. The van der Waals surface area contributed by atoms with Gasteiger partial charge in [-0.15, -0.1) is 0 Å². The van der Waals surface area contributed by atoms with Gasteiger partial charge in [0, 0.05) is 43.9 Å². The van der Waals surface area contributed by atoms with E-state index >= 15 is 0 Å². The highest BCUT2D eigenvalue weighted by molar-refractivity contribution is 7.80. The van der Waals surface area contributed by atoms with Crippen molar-refractivity contribution >= 4 is 55.8 Å². The van der Waals surface area contributed by atoms with E-state index < -0.39 is 39.0 Å². The highest BCUT2D eigenvalue weighted by Gasteiger charge is 2.51. The first kappa shape index (κ1) is 53.3. The summed E-state index contributed by atoms with van der Waals surface area (Å²) in [7, 11) is 0. The number of esters is 3. The van der Waals surface area contributed by atoms with E-state index in [4.69, 9.17) is 28.4 Å². The molecule has 0 aliphatic heterocycles. The normalized spacial score (nSPS) is 15.3. The summed E-state index contributed by atoms with van der Waals surface area (Å²) in [5.74, 6) is 1.25. The zero-order valence-electron chi connectivity index (χ0n) is 36.5. The maximum absolute atomic E-state index is 12.4. The Bertz CT molecular complexity index is 1110. The minimum atomic E-state index is -0.686. The SMILES string of the molecule is CCC(C)(CC(CC)(CC(C)(C)OCCC(C)(C)OC(=O)CCCS)C(C)(C)OCCC(C)(C)OC(=O)CCCS)OCCC(C)(C)OC(=O)CCCS. The summed E-state index contributed by atoms with van der Waals surface area (Å²) < 4.78 is 37.6. The average molecular weight is 825 g/mol. The fraction of sp³-hybridized carbons (Fsp3) is 0.929. The van der Waals surface area contributed by atoms with Crippen LogP contribution < -0.4 is 0 Å². The Morgan fingerprint density at radius 2 is 0.815 bits per heavy atom. The standard InChI is InChI=1S/C42H80O9S3/c1-14-41(13,48-27-24-38(7,8)51-35(45)21-18-30-54)32-42(15-2,40(11,12)47-26-23-37(5,6)50-34(44)20-17-29-53)31-39(9,10)46-25-22-36(3,4)49-33(43)19-16-28-52/h52-54H,14-32H2,1-13H3. The van der Waals surface area contributed by atoms with Gasteiger partial charge in [-0.1, -0.05) is 13.8 Å². The molecule has 0 spiro atoms. The lowest BCUT2D eigenvalue weighted by atomic mass is 9.60. The van der Waals surface area contributed by atoms with Gasteiger partial charge in [0.25, 0.3) is 0 Å². The van der Waals surface area contributed by atoms with Gasteiger partial charge in [-0.05, 0) is 138 Å². The van der Waals surface area contributed by atoms with Gasteiger partial charge in [-0.2, -0.15) is 37.9 Å². The predicted octanol–water partition coefficient (Wildman–Crippen LogP) is 10.2. The number of hydrogen-bond donors (Lipinski definition) is 3. The van der Waals surface area contributed by atoms with E-state index in [0.29, 0.717) is 108 Å². The first-order valence-corrected chi connectivity index (χ1v) is 22.1. The van der Waals surface area contributed by atoms with Gasteiger partial charge in [0.2, 0.25) is 0 Å². The molecule has 0 radical (unpaired) electrons. The molecule has 0 heterocycles. The molecule has 0 bridgehead atoms. The van der Waals surface area contributed by atoms with E-state index in [0.717, 1.165) is 12.8 Å². The highest BCUT2D eigenvalue weighted by atomic mass is 32.1. The second-order valence-corrected chi connectivity index (χ2v) is 19.4. The zero-order valence-corrected chi connectivity index (χ0v) is 39.1. The van der Waals surface area contributed by atoms with Crippen molar-refractivity contribution in [2.45, 2.75) is 207 Å². The van der Waals surface area contributed by atoms with Gasteiger partial charge < -0.3 is 28.4 Å². The van der Waals surface area contributed by atoms with Crippen LogP contribution in [0.1, 0.15) is 173 Å². The molecule has 0 fully saturated rings. The van der Waals surface area contributed by atoms with Crippen LogP contribution in [0.2, 0.25) is 0 Å². The average Bonchev–Trinajstić information content (AvgIpc) is 3.03. The van der Waals surface area contributed by atoms with Crippen molar-refractivity contribution in [3.05, 3.63) is 0 Å². The van der Waals surface area contributed by atoms with Crippen molar-refractivity contribution in [1.29, 1.82) is 0 Å². The van der Waals surface area contributed by atoms with Gasteiger partial charge >= 0.3 is 17.9 Å². The summed E-state index contributed by atoms with van der Waals surface area (Å²) in [4.78, 5) is 37.2. The second kappa shape index (κ2) is 24.3. The van der Waals surface area contributed by atoms with Crippen molar-refractivity contribution in [2.75, 3.05) is 37.1 Å². The molecule has 0 saturated carbocycles. The summed E-state index contributed by atoms with van der Waals surface area (Å²) in [5, 5.41) is 0. The summed E-state index contributed by atoms with van der Waals surface area (Å²) in [5.41, 5.74) is -4.17. The van der Waals surface area contributed by atoms with Crippen LogP contribution in [0, 0.1) is 5.41 Å². The minimum absolute atomic E-state index is 0.218. The van der Waals surface area contributed by atoms with Gasteiger partial charge in [-0.25, -0.2) is 0 Å². The van der Waals surface area contributed by atoms with Gasteiger partial charge in [-0.3, -0.25) is 14.4 Å². The highest BCUT2D eigenvalue weighted by Crippen LogP contribution is 2.51.